The molecule has 2 aromatic carbocycles. The number of aryl methyl sites for hydroxylation is 1. The van der Waals surface area contributed by atoms with E-state index in [4.69, 9.17) is 11.6 Å². The number of nitrogens with one attached hydrogen (secondary N) is 1. The second-order valence-electron chi connectivity index (χ2n) is 8.75. The monoisotopic (exact) mass is 521 g/mol. The summed E-state index contributed by atoms with van der Waals surface area (Å²) in [5, 5.41) is 3.44. The quantitative estimate of drug-likeness (QED) is 0.392. The largest absolute Gasteiger partial charge is 0.354 e. The van der Waals surface area contributed by atoms with Crippen LogP contribution < -0.4 is 9.62 Å². The van der Waals surface area contributed by atoms with Gasteiger partial charge in [0, 0.05) is 31.1 Å². The van der Waals surface area contributed by atoms with Gasteiger partial charge in [-0.15, -0.1) is 0 Å². The third kappa shape index (κ3) is 9.18. The molecule has 0 aliphatic heterocycles. The van der Waals surface area contributed by atoms with Gasteiger partial charge in [-0.2, -0.15) is 0 Å². The first-order valence-corrected chi connectivity index (χ1v) is 14.1. The third-order valence-electron chi connectivity index (χ3n) is 5.71. The maximum Gasteiger partial charge on any atom is 0.242 e. The Morgan fingerprint density at radius 1 is 1.09 bits per heavy atom. The van der Waals surface area contributed by atoms with Gasteiger partial charge >= 0.3 is 0 Å². The number of amides is 2. The van der Waals surface area contributed by atoms with E-state index in [-0.39, 0.29) is 31.3 Å². The summed E-state index contributed by atoms with van der Waals surface area (Å²) in [5.41, 5.74) is 2.40. The highest BCUT2D eigenvalue weighted by Crippen LogP contribution is 2.20. The second kappa shape index (κ2) is 13.5. The molecule has 7 nitrogen and oxygen atoms in total. The third-order valence-corrected chi connectivity index (χ3v) is 7.14. The Morgan fingerprint density at radius 3 is 2.37 bits per heavy atom. The molecule has 0 unspecified atom stereocenters. The first-order valence-electron chi connectivity index (χ1n) is 11.9. The number of carbonyl (C=O) groups is 2. The van der Waals surface area contributed by atoms with Crippen LogP contribution in [0.4, 0.5) is 5.69 Å². The Balaban J connectivity index is 2.13. The molecule has 1 atom stereocenters. The summed E-state index contributed by atoms with van der Waals surface area (Å²) in [7, 11) is -3.52. The van der Waals surface area contributed by atoms with Gasteiger partial charge in [0.2, 0.25) is 21.8 Å². The minimum atomic E-state index is -3.52. The summed E-state index contributed by atoms with van der Waals surface area (Å²) < 4.78 is 26.1. The highest BCUT2D eigenvalue weighted by Gasteiger charge is 2.26. The predicted molar refractivity (Wildman–Crippen MR) is 142 cm³/mol. The molecular weight excluding hydrogens is 486 g/mol. The van der Waals surface area contributed by atoms with Crippen LogP contribution in [-0.4, -0.2) is 50.5 Å². The molecule has 0 aromatic heterocycles. The molecule has 2 rings (SSSR count). The van der Waals surface area contributed by atoms with Crippen molar-refractivity contribution < 1.29 is 18.0 Å². The van der Waals surface area contributed by atoms with Crippen LogP contribution in [0.5, 0.6) is 0 Å². The van der Waals surface area contributed by atoms with Gasteiger partial charge in [-0.1, -0.05) is 54.8 Å². The van der Waals surface area contributed by atoms with Crippen LogP contribution in [0.2, 0.25) is 5.02 Å². The van der Waals surface area contributed by atoms with Gasteiger partial charge in [0.05, 0.1) is 11.9 Å². The van der Waals surface area contributed by atoms with Crippen LogP contribution in [0.25, 0.3) is 0 Å². The zero-order valence-corrected chi connectivity index (χ0v) is 22.5. The van der Waals surface area contributed by atoms with Crippen LogP contribution in [0.15, 0.2) is 48.5 Å². The van der Waals surface area contributed by atoms with E-state index in [0.29, 0.717) is 23.7 Å². The Hall–Kier alpha value is -2.58. The molecule has 0 heterocycles. The summed E-state index contributed by atoms with van der Waals surface area (Å²) in [6.45, 7) is 6.63. The minimum absolute atomic E-state index is 0.102. The topological polar surface area (TPSA) is 86.8 Å². The molecule has 35 heavy (non-hydrogen) atoms. The smallest absolute Gasteiger partial charge is 0.242 e. The lowest BCUT2D eigenvalue weighted by atomic mass is 10.1. The maximum atomic E-state index is 13.3. The van der Waals surface area contributed by atoms with Gasteiger partial charge in [0.25, 0.3) is 0 Å². The van der Waals surface area contributed by atoms with E-state index < -0.39 is 16.1 Å². The number of hydrogen-bond donors (Lipinski definition) is 1. The first-order chi connectivity index (χ1) is 16.5. The number of nitrogens with zero attached hydrogens (tertiary/aromatic N) is 2. The van der Waals surface area contributed by atoms with Crippen LogP contribution in [0.1, 0.15) is 50.7 Å². The second-order valence-corrected chi connectivity index (χ2v) is 11.1. The van der Waals surface area contributed by atoms with E-state index in [1.54, 1.807) is 37.3 Å². The van der Waals surface area contributed by atoms with Crippen molar-refractivity contribution in [2.45, 2.75) is 59.0 Å². The molecule has 2 amide bonds. The van der Waals surface area contributed by atoms with Gasteiger partial charge in [-0.25, -0.2) is 8.42 Å². The number of halogens is 1. The van der Waals surface area contributed by atoms with Crippen molar-refractivity contribution in [3.63, 3.8) is 0 Å². The number of benzene rings is 2. The Labute approximate surface area is 214 Å². The predicted octanol–water partition coefficient (Wildman–Crippen LogP) is 4.53. The van der Waals surface area contributed by atoms with Crippen LogP contribution >= 0.6 is 11.6 Å². The fourth-order valence-electron chi connectivity index (χ4n) is 3.67. The molecule has 1 N–H and O–H groups in total. The number of rotatable bonds is 13. The van der Waals surface area contributed by atoms with Crippen molar-refractivity contribution in [3.8, 4) is 0 Å². The first kappa shape index (κ1) is 28.7. The number of unbranched alkanes of at least 4 members (excludes halogenated alkanes) is 1. The Morgan fingerprint density at radius 2 is 1.77 bits per heavy atom. The Kier molecular flexibility index (Phi) is 11.0. The lowest BCUT2D eigenvalue weighted by Crippen LogP contribution is -2.48. The molecule has 0 spiro atoms. The number of carbonyl (C=O) groups excluding carboxylic acids is 2. The van der Waals surface area contributed by atoms with E-state index in [1.807, 2.05) is 32.0 Å². The molecule has 0 saturated heterocycles. The molecule has 192 valence electrons. The number of hydrogen-bond acceptors (Lipinski definition) is 4. The van der Waals surface area contributed by atoms with Crippen molar-refractivity contribution in [1.29, 1.82) is 0 Å². The SMILES string of the molecule is CCCCNC(=O)[C@@H](C)N(Cc1cccc(Cl)c1)C(=O)CCCN(c1ccc(C)cc1)S(C)(=O)=O. The molecule has 0 aliphatic carbocycles. The van der Waals surface area contributed by atoms with Crippen molar-refractivity contribution in [2.75, 3.05) is 23.7 Å². The van der Waals surface area contributed by atoms with Gasteiger partial charge in [-0.3, -0.25) is 13.9 Å². The van der Waals surface area contributed by atoms with Gasteiger partial charge in [0.1, 0.15) is 6.04 Å². The van der Waals surface area contributed by atoms with Crippen molar-refractivity contribution in [1.82, 2.24) is 10.2 Å². The molecule has 0 saturated carbocycles. The molecular formula is C26H36ClN3O4S. The van der Waals surface area contributed by atoms with E-state index in [2.05, 4.69) is 5.32 Å². The number of sulfonamides is 1. The standard InChI is InChI=1S/C26H36ClN3O4S/c1-5-6-16-28-26(32)21(3)29(19-22-9-7-10-23(27)18-22)25(31)11-8-17-30(35(4,33)34)24-14-12-20(2)13-15-24/h7,9-10,12-15,18,21H,5-6,8,11,16-17,19H2,1-4H3,(H,28,32)/t21-/m1/s1. The molecule has 0 fully saturated rings. The van der Waals surface area contributed by atoms with Gasteiger partial charge in [0.15, 0.2) is 0 Å². The van der Waals surface area contributed by atoms with Crippen LogP contribution in [0, 0.1) is 6.92 Å². The Bertz CT molecular complexity index is 1090. The summed E-state index contributed by atoms with van der Waals surface area (Å²) in [6, 6.07) is 13.7. The highest BCUT2D eigenvalue weighted by atomic mass is 35.5. The van der Waals surface area contributed by atoms with Gasteiger partial charge < -0.3 is 10.2 Å². The van der Waals surface area contributed by atoms with Crippen LogP contribution in [-0.2, 0) is 26.2 Å². The van der Waals surface area contributed by atoms with Crippen LogP contribution in [0.3, 0.4) is 0 Å². The zero-order chi connectivity index (χ0) is 26.0. The van der Waals surface area contributed by atoms with E-state index in [0.717, 1.165) is 30.2 Å². The van der Waals surface area contributed by atoms with E-state index >= 15 is 0 Å². The molecule has 9 heteroatoms. The molecule has 0 radical (unpaired) electrons. The average Bonchev–Trinajstić information content (AvgIpc) is 2.80. The van der Waals surface area contributed by atoms with E-state index in [1.165, 1.54) is 9.21 Å². The molecule has 0 bridgehead atoms. The summed E-state index contributed by atoms with van der Waals surface area (Å²) >= 11 is 6.12. The van der Waals surface area contributed by atoms with Crippen molar-refractivity contribution in [3.05, 3.63) is 64.7 Å². The summed E-state index contributed by atoms with van der Waals surface area (Å²) in [6.07, 6.45) is 3.39. The highest BCUT2D eigenvalue weighted by molar-refractivity contribution is 7.92. The molecule has 2 aromatic rings. The lowest BCUT2D eigenvalue weighted by molar-refractivity contribution is -0.140. The molecule has 0 aliphatic rings. The maximum absolute atomic E-state index is 13.3. The van der Waals surface area contributed by atoms with E-state index in [9.17, 15) is 18.0 Å². The van der Waals surface area contributed by atoms with Gasteiger partial charge in [-0.05, 0) is 56.5 Å². The zero-order valence-electron chi connectivity index (χ0n) is 21.0. The van der Waals surface area contributed by atoms with Crippen molar-refractivity contribution in [2.24, 2.45) is 0 Å². The summed E-state index contributed by atoms with van der Waals surface area (Å²) in [4.78, 5) is 27.5. The average molecular weight is 522 g/mol. The van der Waals surface area contributed by atoms with Crippen molar-refractivity contribution >= 4 is 39.1 Å². The lowest BCUT2D eigenvalue weighted by Gasteiger charge is -2.29. The fourth-order valence-corrected chi connectivity index (χ4v) is 4.84. The number of anilines is 1. The minimum Gasteiger partial charge on any atom is -0.354 e. The normalized spacial score (nSPS) is 12.1. The fraction of sp³-hybridized carbons (Fsp3) is 0.462. The summed E-state index contributed by atoms with van der Waals surface area (Å²) in [5.74, 6) is -0.438.